The zero-order chi connectivity index (χ0) is 16.9. The number of hydrogen-bond donors (Lipinski definition) is 2. The van der Waals surface area contributed by atoms with Crippen molar-refractivity contribution in [1.82, 2.24) is 4.90 Å². The van der Waals surface area contributed by atoms with Gasteiger partial charge in [0.05, 0.1) is 11.3 Å². The second kappa shape index (κ2) is 5.87. The molecule has 3 saturated heterocycles. The van der Waals surface area contributed by atoms with Crippen LogP contribution in [-0.2, 0) is 9.59 Å². The molecule has 5 heteroatoms. The topological polar surface area (TPSA) is 77.8 Å². The van der Waals surface area contributed by atoms with Crippen LogP contribution in [0.15, 0.2) is 12.2 Å². The van der Waals surface area contributed by atoms with Gasteiger partial charge in [-0.25, -0.2) is 0 Å². The zero-order valence-electron chi connectivity index (χ0n) is 14.1. The fourth-order valence-electron chi connectivity index (χ4n) is 5.91. The molecule has 5 aliphatic rings. The summed E-state index contributed by atoms with van der Waals surface area (Å²) in [6.45, 7) is 3.09. The Morgan fingerprint density at radius 1 is 1.08 bits per heavy atom. The Morgan fingerprint density at radius 2 is 1.83 bits per heavy atom. The van der Waals surface area contributed by atoms with Crippen molar-refractivity contribution in [2.75, 3.05) is 19.6 Å². The van der Waals surface area contributed by atoms with Crippen molar-refractivity contribution in [1.29, 1.82) is 0 Å². The number of rotatable bonds is 3. The lowest BCUT2D eigenvalue weighted by atomic mass is 9.62. The Balaban J connectivity index is 1.63. The minimum atomic E-state index is -0.792. The predicted octanol–water partition coefficient (Wildman–Crippen LogP) is 2.48. The van der Waals surface area contributed by atoms with Crippen molar-refractivity contribution < 1.29 is 19.8 Å². The largest absolute Gasteiger partial charge is 0.481 e. The SMILES string of the molecule is O=C(O)C1CCC2CC(C(=O)O)(C3CC4CCN(CC4)C3)C=CC21. The van der Waals surface area contributed by atoms with Gasteiger partial charge in [0.25, 0.3) is 0 Å². The Bertz CT molecular complexity index is 552. The third-order valence-corrected chi connectivity index (χ3v) is 7.32. The summed E-state index contributed by atoms with van der Waals surface area (Å²) in [6, 6.07) is 0. The smallest absolute Gasteiger partial charge is 0.313 e. The molecule has 0 aromatic rings. The monoisotopic (exact) mass is 333 g/mol. The lowest BCUT2D eigenvalue weighted by Crippen LogP contribution is -2.45. The molecule has 0 amide bonds. The average Bonchev–Trinajstić information content (AvgIpc) is 2.73. The van der Waals surface area contributed by atoms with E-state index in [2.05, 4.69) is 4.90 Å². The van der Waals surface area contributed by atoms with Crippen LogP contribution in [0.4, 0.5) is 0 Å². The van der Waals surface area contributed by atoms with Gasteiger partial charge in [0.15, 0.2) is 0 Å². The molecule has 5 rings (SSSR count). The standard InChI is InChI=1S/C19H27NO4/c21-17(22)16-2-1-13-10-19(18(23)24,6-3-15(13)16)14-9-12-4-7-20(11-14)8-5-12/h3,6,12-16H,1-2,4-5,7-11H2,(H,21,22)(H,23,24). The van der Waals surface area contributed by atoms with Gasteiger partial charge in [-0.05, 0) is 75.3 Å². The molecule has 4 fully saturated rings. The van der Waals surface area contributed by atoms with Gasteiger partial charge in [0.2, 0.25) is 0 Å². The number of carboxylic acids is 2. The highest BCUT2D eigenvalue weighted by molar-refractivity contribution is 5.78. The number of aliphatic carboxylic acids is 2. The molecule has 0 radical (unpaired) electrons. The van der Waals surface area contributed by atoms with Gasteiger partial charge in [-0.1, -0.05) is 12.2 Å². The number of fused-ring (bicyclic) bond motifs is 5. The molecule has 3 heterocycles. The molecule has 3 aliphatic heterocycles. The first kappa shape index (κ1) is 16.1. The molecule has 5 nitrogen and oxygen atoms in total. The van der Waals surface area contributed by atoms with Crippen LogP contribution in [0.3, 0.4) is 0 Å². The summed E-state index contributed by atoms with van der Waals surface area (Å²) in [5, 5.41) is 19.5. The van der Waals surface area contributed by atoms with Crippen molar-refractivity contribution >= 4 is 11.9 Å². The number of allylic oxidation sites excluding steroid dienone is 1. The molecule has 1 saturated carbocycles. The van der Waals surface area contributed by atoms with Crippen molar-refractivity contribution in [2.45, 2.75) is 38.5 Å². The molecule has 2 aliphatic carbocycles. The summed E-state index contributed by atoms with van der Waals surface area (Å²) >= 11 is 0. The second-order valence-electron chi connectivity index (χ2n) is 8.44. The van der Waals surface area contributed by atoms with Gasteiger partial charge in [0, 0.05) is 6.54 Å². The molecule has 2 N–H and O–H groups in total. The Hall–Kier alpha value is -1.36. The van der Waals surface area contributed by atoms with Crippen molar-refractivity contribution in [3.05, 3.63) is 12.2 Å². The van der Waals surface area contributed by atoms with Crippen molar-refractivity contribution in [2.24, 2.45) is 35.0 Å². The van der Waals surface area contributed by atoms with Crippen LogP contribution in [0.25, 0.3) is 0 Å². The summed E-state index contributed by atoms with van der Waals surface area (Å²) < 4.78 is 0. The first-order chi connectivity index (χ1) is 11.5. The molecule has 5 atom stereocenters. The van der Waals surface area contributed by atoms with E-state index < -0.39 is 17.4 Å². The average molecular weight is 333 g/mol. The van der Waals surface area contributed by atoms with E-state index in [1.165, 1.54) is 12.8 Å². The first-order valence-corrected chi connectivity index (χ1v) is 9.37. The molecular formula is C19H27NO4. The number of hydrogen-bond acceptors (Lipinski definition) is 3. The van der Waals surface area contributed by atoms with Gasteiger partial charge >= 0.3 is 11.9 Å². The van der Waals surface area contributed by atoms with Gasteiger partial charge < -0.3 is 15.1 Å². The maximum Gasteiger partial charge on any atom is 0.313 e. The molecule has 132 valence electrons. The number of nitrogens with zero attached hydrogens (tertiary/aromatic N) is 1. The molecule has 5 unspecified atom stereocenters. The number of carboxylic acid groups (broad SMARTS) is 2. The lowest BCUT2D eigenvalue weighted by Gasteiger charge is -2.41. The quantitative estimate of drug-likeness (QED) is 0.776. The molecule has 24 heavy (non-hydrogen) atoms. The normalized spacial score (nSPS) is 47.2. The van der Waals surface area contributed by atoms with Crippen LogP contribution in [0, 0.1) is 35.0 Å². The maximum atomic E-state index is 12.3. The van der Waals surface area contributed by atoms with Gasteiger partial charge in [-0.15, -0.1) is 0 Å². The minimum absolute atomic E-state index is 0.0257. The van der Waals surface area contributed by atoms with Crippen LogP contribution < -0.4 is 0 Å². The predicted molar refractivity (Wildman–Crippen MR) is 88.4 cm³/mol. The summed E-state index contributed by atoms with van der Waals surface area (Å²) in [7, 11) is 0. The molecule has 2 bridgehead atoms. The third-order valence-electron chi connectivity index (χ3n) is 7.32. The van der Waals surface area contributed by atoms with E-state index in [1.807, 2.05) is 12.2 Å². The van der Waals surface area contributed by atoms with Crippen LogP contribution >= 0.6 is 0 Å². The van der Waals surface area contributed by atoms with E-state index in [4.69, 9.17) is 0 Å². The number of carbonyl (C=O) groups is 2. The Labute approximate surface area is 142 Å². The lowest BCUT2D eigenvalue weighted by molar-refractivity contribution is -0.151. The molecule has 0 aromatic heterocycles. The van der Waals surface area contributed by atoms with Crippen molar-refractivity contribution in [3.63, 3.8) is 0 Å². The fourth-order valence-corrected chi connectivity index (χ4v) is 5.91. The third kappa shape index (κ3) is 2.48. The summed E-state index contributed by atoms with van der Waals surface area (Å²) in [6.07, 6.45) is 9.41. The summed E-state index contributed by atoms with van der Waals surface area (Å²) in [5.74, 6) is -0.706. The van der Waals surface area contributed by atoms with E-state index in [1.54, 1.807) is 0 Å². The van der Waals surface area contributed by atoms with E-state index in [9.17, 15) is 19.8 Å². The van der Waals surface area contributed by atoms with E-state index in [0.29, 0.717) is 18.8 Å². The van der Waals surface area contributed by atoms with Gasteiger partial charge in [0.1, 0.15) is 0 Å². The van der Waals surface area contributed by atoms with E-state index >= 15 is 0 Å². The molecule has 0 spiro atoms. The Kier molecular flexibility index (Phi) is 3.94. The summed E-state index contributed by atoms with van der Waals surface area (Å²) in [5.41, 5.74) is -0.792. The molecule has 0 aromatic carbocycles. The van der Waals surface area contributed by atoms with Crippen LogP contribution in [0.2, 0.25) is 0 Å². The number of piperidine rings is 1. The van der Waals surface area contributed by atoms with Crippen LogP contribution in [0.1, 0.15) is 38.5 Å². The van der Waals surface area contributed by atoms with Crippen molar-refractivity contribution in [3.8, 4) is 0 Å². The van der Waals surface area contributed by atoms with E-state index in [-0.39, 0.29) is 23.7 Å². The van der Waals surface area contributed by atoms with Gasteiger partial charge in [-0.2, -0.15) is 0 Å². The van der Waals surface area contributed by atoms with Gasteiger partial charge in [-0.3, -0.25) is 9.59 Å². The minimum Gasteiger partial charge on any atom is -0.481 e. The highest BCUT2D eigenvalue weighted by atomic mass is 16.4. The fraction of sp³-hybridized carbons (Fsp3) is 0.789. The second-order valence-corrected chi connectivity index (χ2v) is 8.44. The highest BCUT2D eigenvalue weighted by Crippen LogP contribution is 2.53. The maximum absolute atomic E-state index is 12.3. The van der Waals surface area contributed by atoms with Crippen LogP contribution in [-0.4, -0.2) is 46.7 Å². The highest BCUT2D eigenvalue weighted by Gasteiger charge is 2.53. The first-order valence-electron chi connectivity index (χ1n) is 9.37. The van der Waals surface area contributed by atoms with E-state index in [0.717, 1.165) is 32.5 Å². The summed E-state index contributed by atoms with van der Waals surface area (Å²) in [4.78, 5) is 26.2. The molecular weight excluding hydrogens is 306 g/mol. The zero-order valence-corrected chi connectivity index (χ0v) is 14.1. The Morgan fingerprint density at radius 3 is 2.50 bits per heavy atom. The van der Waals surface area contributed by atoms with Crippen LogP contribution in [0.5, 0.6) is 0 Å².